The molecule has 2 aromatic rings. The quantitative estimate of drug-likeness (QED) is 0.916. The van der Waals surface area contributed by atoms with Gasteiger partial charge in [0.15, 0.2) is 0 Å². The molecule has 1 saturated carbocycles. The molecule has 110 valence electrons. The van der Waals surface area contributed by atoms with Crippen molar-refractivity contribution in [1.29, 1.82) is 0 Å². The third-order valence-electron chi connectivity index (χ3n) is 4.00. The van der Waals surface area contributed by atoms with E-state index in [4.69, 9.17) is 0 Å². The van der Waals surface area contributed by atoms with Crippen molar-refractivity contribution >= 4 is 11.6 Å². The van der Waals surface area contributed by atoms with Gasteiger partial charge in [-0.15, -0.1) is 5.10 Å². The molecule has 21 heavy (non-hydrogen) atoms. The molecule has 0 aliphatic heterocycles. The zero-order chi connectivity index (χ0) is 14.5. The molecule has 0 bridgehead atoms. The third kappa shape index (κ3) is 3.65. The van der Waals surface area contributed by atoms with Crippen molar-refractivity contribution < 1.29 is 4.79 Å². The summed E-state index contributed by atoms with van der Waals surface area (Å²) in [6.07, 6.45) is 8.32. The zero-order valence-electron chi connectivity index (χ0n) is 11.9. The van der Waals surface area contributed by atoms with Gasteiger partial charge in [0.1, 0.15) is 6.33 Å². The average molecular weight is 285 g/mol. The van der Waals surface area contributed by atoms with E-state index in [2.05, 4.69) is 20.8 Å². The molecule has 1 aliphatic carbocycles. The molecular weight excluding hydrogens is 266 g/mol. The molecule has 1 aromatic heterocycles. The Morgan fingerprint density at radius 3 is 2.95 bits per heavy atom. The van der Waals surface area contributed by atoms with Gasteiger partial charge in [-0.05, 0) is 41.0 Å². The minimum atomic E-state index is 0.0794. The van der Waals surface area contributed by atoms with Crippen LogP contribution >= 0.6 is 0 Å². The molecule has 1 heterocycles. The largest absolute Gasteiger partial charge is 0.326 e. The van der Waals surface area contributed by atoms with Gasteiger partial charge in [0.05, 0.1) is 5.69 Å². The minimum absolute atomic E-state index is 0.0794. The van der Waals surface area contributed by atoms with Gasteiger partial charge in [-0.2, -0.15) is 0 Å². The molecule has 1 fully saturated rings. The van der Waals surface area contributed by atoms with E-state index in [1.54, 1.807) is 4.68 Å². The van der Waals surface area contributed by atoms with E-state index in [-0.39, 0.29) is 5.91 Å². The van der Waals surface area contributed by atoms with Gasteiger partial charge in [-0.25, -0.2) is 4.68 Å². The lowest BCUT2D eigenvalue weighted by atomic mass is 10.0. The van der Waals surface area contributed by atoms with Crippen LogP contribution in [0.25, 0.3) is 5.69 Å². The lowest BCUT2D eigenvalue weighted by Crippen LogP contribution is -2.13. The van der Waals surface area contributed by atoms with E-state index in [9.17, 15) is 4.79 Å². The first-order valence-electron chi connectivity index (χ1n) is 7.44. The molecule has 0 atom stereocenters. The van der Waals surface area contributed by atoms with Crippen molar-refractivity contribution in [2.45, 2.75) is 38.5 Å². The predicted octanol–water partition coefficient (Wildman–Crippen LogP) is 2.57. The molecule has 0 spiro atoms. The van der Waals surface area contributed by atoms with Gasteiger partial charge in [0.2, 0.25) is 5.91 Å². The second-order valence-corrected chi connectivity index (χ2v) is 5.54. The number of amides is 1. The van der Waals surface area contributed by atoms with Gasteiger partial charge in [0, 0.05) is 12.1 Å². The highest BCUT2D eigenvalue weighted by Crippen LogP contribution is 2.28. The Balaban J connectivity index is 1.56. The molecule has 1 N–H and O–H groups in total. The van der Waals surface area contributed by atoms with Crippen molar-refractivity contribution in [3.8, 4) is 5.69 Å². The van der Waals surface area contributed by atoms with Crippen molar-refractivity contribution in [3.05, 3.63) is 30.6 Å². The summed E-state index contributed by atoms with van der Waals surface area (Å²) >= 11 is 0. The molecule has 0 unspecified atom stereocenters. The van der Waals surface area contributed by atoms with E-state index in [1.165, 1.54) is 32.0 Å². The molecule has 3 rings (SSSR count). The van der Waals surface area contributed by atoms with Crippen molar-refractivity contribution in [3.63, 3.8) is 0 Å². The molecule has 1 amide bonds. The van der Waals surface area contributed by atoms with Crippen LogP contribution in [0.15, 0.2) is 30.6 Å². The number of nitrogens with one attached hydrogen (secondary N) is 1. The number of rotatable bonds is 5. The van der Waals surface area contributed by atoms with E-state index < -0.39 is 0 Å². The maximum absolute atomic E-state index is 12.0. The van der Waals surface area contributed by atoms with E-state index in [1.807, 2.05) is 24.3 Å². The smallest absolute Gasteiger partial charge is 0.224 e. The third-order valence-corrected chi connectivity index (χ3v) is 4.00. The molecule has 0 radical (unpaired) electrons. The van der Waals surface area contributed by atoms with Crippen LogP contribution in [0.2, 0.25) is 0 Å². The number of benzene rings is 1. The van der Waals surface area contributed by atoms with E-state index in [0.29, 0.717) is 6.42 Å². The van der Waals surface area contributed by atoms with Crippen molar-refractivity contribution in [2.24, 2.45) is 5.92 Å². The Labute approximate surface area is 123 Å². The van der Waals surface area contributed by atoms with Gasteiger partial charge >= 0.3 is 0 Å². The number of carbonyl (C=O) groups excluding carboxylic acids is 1. The maximum Gasteiger partial charge on any atom is 0.224 e. The molecule has 1 aliphatic rings. The van der Waals surface area contributed by atoms with Crippen LogP contribution in [-0.4, -0.2) is 26.1 Å². The van der Waals surface area contributed by atoms with Gasteiger partial charge in [-0.1, -0.05) is 31.7 Å². The van der Waals surface area contributed by atoms with Crippen molar-refractivity contribution in [2.75, 3.05) is 5.32 Å². The summed E-state index contributed by atoms with van der Waals surface area (Å²) in [6, 6.07) is 7.51. The Morgan fingerprint density at radius 2 is 2.19 bits per heavy atom. The lowest BCUT2D eigenvalue weighted by Gasteiger charge is -2.10. The summed E-state index contributed by atoms with van der Waals surface area (Å²) < 4.78 is 1.56. The molecule has 1 aromatic carbocycles. The van der Waals surface area contributed by atoms with E-state index >= 15 is 0 Å². The number of carbonyl (C=O) groups is 1. The highest BCUT2D eigenvalue weighted by molar-refractivity contribution is 5.90. The highest BCUT2D eigenvalue weighted by Gasteiger charge is 2.16. The SMILES string of the molecule is O=C(CCC1CCCC1)Nc1cccc(-n2cnnn2)c1. The standard InChI is InChI=1S/C15H19N5O/c21-15(9-8-12-4-1-2-5-12)17-13-6-3-7-14(10-13)20-11-16-18-19-20/h3,6-7,10-12H,1-2,4-5,8-9H2,(H,17,21). The fourth-order valence-corrected chi connectivity index (χ4v) is 2.86. The lowest BCUT2D eigenvalue weighted by molar-refractivity contribution is -0.116. The number of nitrogens with zero attached hydrogens (tertiary/aromatic N) is 4. The van der Waals surface area contributed by atoms with Crippen LogP contribution in [-0.2, 0) is 4.79 Å². The maximum atomic E-state index is 12.0. The average Bonchev–Trinajstić information content (AvgIpc) is 3.19. The van der Waals surface area contributed by atoms with Gasteiger partial charge < -0.3 is 5.32 Å². The summed E-state index contributed by atoms with van der Waals surface area (Å²) in [5.41, 5.74) is 1.60. The summed E-state index contributed by atoms with van der Waals surface area (Å²) in [7, 11) is 0. The second-order valence-electron chi connectivity index (χ2n) is 5.54. The highest BCUT2D eigenvalue weighted by atomic mass is 16.1. The first-order chi connectivity index (χ1) is 10.3. The number of tetrazole rings is 1. The first-order valence-corrected chi connectivity index (χ1v) is 7.44. The Bertz CT molecular complexity index is 590. The fraction of sp³-hybridized carbons (Fsp3) is 0.467. The van der Waals surface area contributed by atoms with Gasteiger partial charge in [0.25, 0.3) is 0 Å². The van der Waals surface area contributed by atoms with E-state index in [0.717, 1.165) is 23.7 Å². The minimum Gasteiger partial charge on any atom is -0.326 e. The summed E-state index contributed by atoms with van der Waals surface area (Å²) in [6.45, 7) is 0. The van der Waals surface area contributed by atoms with Crippen LogP contribution in [0.5, 0.6) is 0 Å². The Kier molecular flexibility index (Phi) is 4.23. The topological polar surface area (TPSA) is 72.7 Å². The molecular formula is C15H19N5O. The second kappa shape index (κ2) is 6.47. The molecule has 0 saturated heterocycles. The van der Waals surface area contributed by atoms with Crippen molar-refractivity contribution in [1.82, 2.24) is 20.2 Å². The van der Waals surface area contributed by atoms with Crippen LogP contribution in [0, 0.1) is 5.92 Å². The molecule has 6 nitrogen and oxygen atoms in total. The molecule has 6 heteroatoms. The monoisotopic (exact) mass is 285 g/mol. The fourth-order valence-electron chi connectivity index (χ4n) is 2.86. The summed E-state index contributed by atoms with van der Waals surface area (Å²) in [5, 5.41) is 14.0. The number of hydrogen-bond acceptors (Lipinski definition) is 4. The van der Waals surface area contributed by atoms with Crippen LogP contribution in [0.4, 0.5) is 5.69 Å². The van der Waals surface area contributed by atoms with Crippen LogP contribution < -0.4 is 5.32 Å². The normalized spacial score (nSPS) is 15.2. The number of aromatic nitrogens is 4. The van der Waals surface area contributed by atoms with Crippen LogP contribution in [0.1, 0.15) is 38.5 Å². The zero-order valence-corrected chi connectivity index (χ0v) is 11.9. The van der Waals surface area contributed by atoms with Gasteiger partial charge in [-0.3, -0.25) is 4.79 Å². The Morgan fingerprint density at radius 1 is 1.33 bits per heavy atom. The summed E-state index contributed by atoms with van der Waals surface area (Å²) in [5.74, 6) is 0.819. The summed E-state index contributed by atoms with van der Waals surface area (Å²) in [4.78, 5) is 12.0. The number of anilines is 1. The Hall–Kier alpha value is -2.24. The number of hydrogen-bond donors (Lipinski definition) is 1. The predicted molar refractivity (Wildman–Crippen MR) is 79.0 cm³/mol. The first kappa shape index (κ1) is 13.7. The van der Waals surface area contributed by atoms with Crippen LogP contribution in [0.3, 0.4) is 0 Å².